The second kappa shape index (κ2) is 9.16. The molecule has 2 amide bonds. The van der Waals surface area contributed by atoms with Gasteiger partial charge in [0.25, 0.3) is 11.8 Å². The van der Waals surface area contributed by atoms with E-state index in [2.05, 4.69) is 5.32 Å². The second-order valence-corrected chi connectivity index (χ2v) is 7.93. The van der Waals surface area contributed by atoms with Crippen LogP contribution < -0.4 is 10.1 Å². The van der Waals surface area contributed by atoms with Crippen LogP contribution in [0, 0.1) is 20.8 Å². The fraction of sp³-hybridized carbons (Fsp3) is 0.391. The predicted octanol–water partition coefficient (Wildman–Crippen LogP) is 2.53. The molecular weight excluding hydrogens is 400 g/mol. The topological polar surface area (TPSA) is 119 Å². The molecule has 1 aliphatic heterocycles. The van der Waals surface area contributed by atoms with Crippen molar-refractivity contribution in [2.24, 2.45) is 0 Å². The molecule has 8 heteroatoms. The molecule has 1 saturated heterocycles. The number of piperidine rings is 1. The smallest absolute Gasteiger partial charge is 0.260 e. The summed E-state index contributed by atoms with van der Waals surface area (Å²) < 4.78 is 5.82. The summed E-state index contributed by atoms with van der Waals surface area (Å²) in [7, 11) is 0. The lowest BCUT2D eigenvalue weighted by Crippen LogP contribution is -2.47. The number of nitrogens with zero attached hydrogens (tertiary/aromatic N) is 1. The van der Waals surface area contributed by atoms with Gasteiger partial charge in [-0.05, 0) is 62.4 Å². The van der Waals surface area contributed by atoms with Crippen molar-refractivity contribution in [1.82, 2.24) is 10.2 Å². The Hall–Kier alpha value is -3.42. The van der Waals surface area contributed by atoms with Crippen LogP contribution in [0.25, 0.3) is 0 Å². The van der Waals surface area contributed by atoms with Gasteiger partial charge in [0.05, 0.1) is 0 Å². The first kappa shape index (κ1) is 22.3. The largest absolute Gasteiger partial charge is 0.504 e. The fourth-order valence-corrected chi connectivity index (χ4v) is 3.65. The number of rotatable bonds is 5. The minimum atomic E-state index is -0.665. The van der Waals surface area contributed by atoms with Crippen molar-refractivity contribution in [3.05, 3.63) is 46.5 Å². The van der Waals surface area contributed by atoms with Gasteiger partial charge in [-0.25, -0.2) is 0 Å². The Labute approximate surface area is 181 Å². The van der Waals surface area contributed by atoms with E-state index in [9.17, 15) is 24.9 Å². The first-order valence-corrected chi connectivity index (χ1v) is 10.2. The maximum Gasteiger partial charge on any atom is 0.260 e. The summed E-state index contributed by atoms with van der Waals surface area (Å²) in [4.78, 5) is 26.7. The molecule has 0 spiro atoms. The Morgan fingerprint density at radius 2 is 1.61 bits per heavy atom. The van der Waals surface area contributed by atoms with Crippen LogP contribution >= 0.6 is 0 Å². The molecule has 3 rings (SSSR count). The third kappa shape index (κ3) is 5.02. The number of aromatic hydroxyl groups is 3. The van der Waals surface area contributed by atoms with Crippen molar-refractivity contribution in [2.75, 3.05) is 19.7 Å². The van der Waals surface area contributed by atoms with E-state index >= 15 is 0 Å². The summed E-state index contributed by atoms with van der Waals surface area (Å²) in [6, 6.07) is 6.05. The van der Waals surface area contributed by atoms with Crippen molar-refractivity contribution in [1.29, 1.82) is 0 Å². The Morgan fingerprint density at radius 3 is 2.23 bits per heavy atom. The van der Waals surface area contributed by atoms with Gasteiger partial charge in [0.1, 0.15) is 5.75 Å². The molecule has 1 heterocycles. The highest BCUT2D eigenvalue weighted by Crippen LogP contribution is 2.35. The lowest BCUT2D eigenvalue weighted by Gasteiger charge is -2.32. The first-order valence-electron chi connectivity index (χ1n) is 10.2. The quantitative estimate of drug-likeness (QED) is 0.544. The first-order chi connectivity index (χ1) is 14.7. The van der Waals surface area contributed by atoms with Crippen LogP contribution in [0.5, 0.6) is 23.0 Å². The van der Waals surface area contributed by atoms with Gasteiger partial charge < -0.3 is 30.3 Å². The number of ether oxygens (including phenoxy) is 1. The second-order valence-electron chi connectivity index (χ2n) is 7.93. The number of aryl methyl sites for hydroxylation is 2. The molecule has 2 aromatic rings. The molecule has 1 aliphatic rings. The lowest BCUT2D eigenvalue weighted by molar-refractivity contribution is -0.134. The van der Waals surface area contributed by atoms with Crippen molar-refractivity contribution < 1.29 is 29.6 Å². The van der Waals surface area contributed by atoms with E-state index in [1.54, 1.807) is 4.90 Å². The van der Waals surface area contributed by atoms with Crippen molar-refractivity contribution >= 4 is 11.8 Å². The molecule has 0 unspecified atom stereocenters. The molecule has 0 saturated carbocycles. The highest BCUT2D eigenvalue weighted by Gasteiger charge is 2.25. The zero-order valence-corrected chi connectivity index (χ0v) is 17.9. The van der Waals surface area contributed by atoms with E-state index in [0.717, 1.165) is 34.6 Å². The van der Waals surface area contributed by atoms with Gasteiger partial charge in [0.2, 0.25) is 0 Å². The molecule has 31 heavy (non-hydrogen) atoms. The number of nitrogens with one attached hydrogen (secondary N) is 1. The fourth-order valence-electron chi connectivity index (χ4n) is 3.65. The average Bonchev–Trinajstić information content (AvgIpc) is 2.74. The van der Waals surface area contributed by atoms with Crippen LogP contribution in [0.2, 0.25) is 0 Å². The summed E-state index contributed by atoms with van der Waals surface area (Å²) in [5, 5.41) is 31.4. The number of carbonyl (C=O) groups excluding carboxylic acids is 2. The van der Waals surface area contributed by atoms with Gasteiger partial charge in [-0.3, -0.25) is 9.59 Å². The van der Waals surface area contributed by atoms with Crippen molar-refractivity contribution in [3.63, 3.8) is 0 Å². The van der Waals surface area contributed by atoms with Crippen molar-refractivity contribution in [3.8, 4) is 23.0 Å². The average molecular weight is 428 g/mol. The standard InChI is InChI=1S/C23H28N2O6/c1-13-4-5-14(2)22(15(13)3)31-12-20(28)25-8-6-17(7-9-25)24-23(30)16-10-18(26)21(29)19(27)11-16/h4-5,10-11,17,26-27,29H,6-9,12H2,1-3H3,(H,24,30). The molecule has 0 bridgehead atoms. The molecular formula is C23H28N2O6. The maximum atomic E-state index is 12.6. The molecule has 0 radical (unpaired) electrons. The molecule has 166 valence electrons. The normalized spacial score (nSPS) is 14.4. The van der Waals surface area contributed by atoms with E-state index in [-0.39, 0.29) is 24.1 Å². The van der Waals surface area contributed by atoms with Gasteiger partial charge in [-0.1, -0.05) is 12.1 Å². The predicted molar refractivity (Wildman–Crippen MR) is 115 cm³/mol. The summed E-state index contributed by atoms with van der Waals surface area (Å²) in [5.74, 6) is -1.62. The molecule has 8 nitrogen and oxygen atoms in total. The molecule has 2 aromatic carbocycles. The Bertz CT molecular complexity index is 973. The van der Waals surface area contributed by atoms with Crippen LogP contribution in [-0.2, 0) is 4.79 Å². The van der Waals surface area contributed by atoms with E-state index in [4.69, 9.17) is 4.74 Å². The Balaban J connectivity index is 1.51. The van der Waals surface area contributed by atoms with E-state index in [0.29, 0.717) is 25.9 Å². The van der Waals surface area contributed by atoms with Crippen LogP contribution in [0.4, 0.5) is 0 Å². The van der Waals surface area contributed by atoms with Gasteiger partial charge >= 0.3 is 0 Å². The molecule has 1 fully saturated rings. The number of hydrogen-bond acceptors (Lipinski definition) is 6. The monoisotopic (exact) mass is 428 g/mol. The highest BCUT2D eigenvalue weighted by atomic mass is 16.5. The number of likely N-dealkylation sites (tertiary alicyclic amines) is 1. The van der Waals surface area contributed by atoms with Gasteiger partial charge in [0.15, 0.2) is 23.9 Å². The van der Waals surface area contributed by atoms with Crippen molar-refractivity contribution in [2.45, 2.75) is 39.7 Å². The van der Waals surface area contributed by atoms with Crippen LogP contribution in [-0.4, -0.2) is 57.8 Å². The Morgan fingerprint density at radius 1 is 1.03 bits per heavy atom. The zero-order valence-electron chi connectivity index (χ0n) is 17.9. The number of hydrogen-bond donors (Lipinski definition) is 4. The van der Waals surface area contributed by atoms with Crippen LogP contribution in [0.3, 0.4) is 0 Å². The number of carbonyl (C=O) groups is 2. The third-order valence-corrected chi connectivity index (χ3v) is 5.73. The number of amides is 2. The molecule has 0 aromatic heterocycles. The Kier molecular flexibility index (Phi) is 6.58. The molecule has 4 N–H and O–H groups in total. The van der Waals surface area contributed by atoms with E-state index in [1.807, 2.05) is 32.9 Å². The summed E-state index contributed by atoms with van der Waals surface area (Å²) in [6.45, 7) is 6.88. The number of phenolic OH excluding ortho intramolecular Hbond substituents is 3. The lowest BCUT2D eigenvalue weighted by atomic mass is 10.0. The van der Waals surface area contributed by atoms with E-state index < -0.39 is 23.2 Å². The summed E-state index contributed by atoms with van der Waals surface area (Å²) in [6.07, 6.45) is 1.16. The summed E-state index contributed by atoms with van der Waals surface area (Å²) in [5.41, 5.74) is 3.17. The number of phenols is 3. The van der Waals surface area contributed by atoms with Crippen LogP contribution in [0.15, 0.2) is 24.3 Å². The minimum Gasteiger partial charge on any atom is -0.504 e. The SMILES string of the molecule is Cc1ccc(C)c(OCC(=O)N2CCC(NC(=O)c3cc(O)c(O)c(O)c3)CC2)c1C. The third-order valence-electron chi connectivity index (χ3n) is 5.73. The number of benzene rings is 2. The molecule has 0 aliphatic carbocycles. The van der Waals surface area contributed by atoms with Crippen LogP contribution in [0.1, 0.15) is 39.9 Å². The van der Waals surface area contributed by atoms with Gasteiger partial charge in [-0.15, -0.1) is 0 Å². The van der Waals surface area contributed by atoms with Gasteiger partial charge in [-0.2, -0.15) is 0 Å². The molecule has 0 atom stereocenters. The van der Waals surface area contributed by atoms with Gasteiger partial charge in [0, 0.05) is 24.7 Å². The van der Waals surface area contributed by atoms with E-state index in [1.165, 1.54) is 0 Å². The summed E-state index contributed by atoms with van der Waals surface area (Å²) >= 11 is 0. The minimum absolute atomic E-state index is 0.0335. The maximum absolute atomic E-state index is 12.6. The highest BCUT2D eigenvalue weighted by molar-refractivity contribution is 5.95. The zero-order chi connectivity index (χ0) is 22.7.